The fourth-order valence-electron chi connectivity index (χ4n) is 1.04. The quantitative estimate of drug-likeness (QED) is 0.598. The monoisotopic (exact) mass is 213 g/mol. The molecule has 2 rings (SSSR count). The van der Waals surface area contributed by atoms with Crippen LogP contribution >= 0.6 is 15.9 Å². The number of allylic oxidation sites excluding steroid dienone is 2. The van der Waals surface area contributed by atoms with Crippen LogP contribution in [-0.2, 0) is 0 Å². The molecule has 0 aromatic rings. The Morgan fingerprint density at radius 3 is 3.18 bits per heavy atom. The van der Waals surface area contributed by atoms with E-state index in [1.807, 2.05) is 18.4 Å². The lowest BCUT2D eigenvalue weighted by Crippen LogP contribution is -2.33. The molecule has 2 aliphatic rings. The molecule has 0 radical (unpaired) electrons. The number of hydrogen-bond donors (Lipinski definition) is 1. The molecule has 0 fully saturated rings. The minimum Gasteiger partial charge on any atom is -0.360 e. The molecule has 11 heavy (non-hydrogen) atoms. The molecule has 5 heteroatoms. The minimum atomic E-state index is -0.0139. The summed E-state index contributed by atoms with van der Waals surface area (Å²) in [6.45, 7) is 0. The lowest BCUT2D eigenvalue weighted by molar-refractivity contribution is -0.535. The summed E-state index contributed by atoms with van der Waals surface area (Å²) in [5, 5.41) is 7.58. The normalized spacial score (nSPS) is 27.4. The number of amidine groups is 1. The van der Waals surface area contributed by atoms with Gasteiger partial charge in [-0.1, -0.05) is 15.9 Å². The van der Waals surface area contributed by atoms with E-state index in [9.17, 15) is 0 Å². The van der Waals surface area contributed by atoms with E-state index in [0.29, 0.717) is 5.84 Å². The average molecular weight is 214 g/mol. The van der Waals surface area contributed by atoms with Crippen LogP contribution in [0.4, 0.5) is 0 Å². The van der Waals surface area contributed by atoms with Gasteiger partial charge in [-0.05, 0) is 12.2 Å². The topological polar surface area (TPSA) is 53.7 Å². The van der Waals surface area contributed by atoms with Crippen molar-refractivity contribution in [3.8, 4) is 0 Å². The first kappa shape index (κ1) is 6.72. The molecule has 0 spiro atoms. The van der Waals surface area contributed by atoms with Crippen molar-refractivity contribution in [2.24, 2.45) is 16.1 Å². The van der Waals surface area contributed by atoms with Crippen LogP contribution < -0.4 is 5.73 Å². The van der Waals surface area contributed by atoms with Crippen LogP contribution in [0.15, 0.2) is 33.2 Å². The summed E-state index contributed by atoms with van der Waals surface area (Å²) in [6.07, 6.45) is 5.65. The van der Waals surface area contributed by atoms with Crippen molar-refractivity contribution in [2.45, 2.75) is 6.04 Å². The van der Waals surface area contributed by atoms with Crippen molar-refractivity contribution in [3.63, 3.8) is 0 Å². The summed E-state index contributed by atoms with van der Waals surface area (Å²) < 4.78 is 2.70. The first-order chi connectivity index (χ1) is 5.29. The van der Waals surface area contributed by atoms with Gasteiger partial charge in [-0.2, -0.15) is 0 Å². The molecule has 2 N–H and O–H groups in total. The molecule has 0 saturated carbocycles. The number of nitrogens with two attached hydrogens (primary N) is 1. The summed E-state index contributed by atoms with van der Waals surface area (Å²) in [5.74, 6) is 0.525. The van der Waals surface area contributed by atoms with Crippen molar-refractivity contribution in [2.75, 3.05) is 0 Å². The second-order valence-corrected chi connectivity index (χ2v) is 3.21. The highest BCUT2D eigenvalue weighted by molar-refractivity contribution is 9.11. The van der Waals surface area contributed by atoms with Gasteiger partial charge in [-0.15, -0.1) is 4.70 Å². The molecule has 4 nitrogen and oxygen atoms in total. The summed E-state index contributed by atoms with van der Waals surface area (Å²) in [4.78, 5) is 0. The standard InChI is InChI=1S/C6H5BrN4/c7-4-2-1-3-11-5(4)6(8)9-10-11/h1-3,5,8H/p+1. The van der Waals surface area contributed by atoms with Gasteiger partial charge in [0.1, 0.15) is 11.4 Å². The predicted molar refractivity (Wildman–Crippen MR) is 44.2 cm³/mol. The van der Waals surface area contributed by atoms with Crippen LogP contribution in [0.3, 0.4) is 0 Å². The van der Waals surface area contributed by atoms with Gasteiger partial charge in [-0.25, -0.2) is 0 Å². The van der Waals surface area contributed by atoms with Gasteiger partial charge in [0.05, 0.1) is 9.58 Å². The first-order valence-electron chi connectivity index (χ1n) is 3.15. The Kier molecular flexibility index (Phi) is 1.38. The van der Waals surface area contributed by atoms with E-state index >= 15 is 0 Å². The fourth-order valence-corrected chi connectivity index (χ4v) is 1.64. The van der Waals surface area contributed by atoms with E-state index in [4.69, 9.17) is 5.73 Å². The van der Waals surface area contributed by atoms with Gasteiger partial charge in [0.15, 0.2) is 0 Å². The maximum Gasteiger partial charge on any atom is 0.295 e. The molecule has 2 heterocycles. The van der Waals surface area contributed by atoms with Crippen LogP contribution in [-0.4, -0.2) is 16.6 Å². The third-order valence-electron chi connectivity index (χ3n) is 1.56. The van der Waals surface area contributed by atoms with E-state index in [1.165, 1.54) is 0 Å². The zero-order valence-corrected chi connectivity index (χ0v) is 7.19. The largest absolute Gasteiger partial charge is 0.360 e. The molecular formula is C6H6BrN4+. The van der Waals surface area contributed by atoms with Crippen molar-refractivity contribution < 1.29 is 4.70 Å². The lowest BCUT2D eigenvalue weighted by Gasteiger charge is -2.07. The Labute approximate surface area is 71.9 Å². The highest BCUT2D eigenvalue weighted by Gasteiger charge is 2.35. The highest BCUT2D eigenvalue weighted by Crippen LogP contribution is 2.21. The van der Waals surface area contributed by atoms with Crippen LogP contribution in [0.2, 0.25) is 0 Å². The molecule has 0 aromatic heterocycles. The van der Waals surface area contributed by atoms with Crippen molar-refractivity contribution in [1.29, 1.82) is 0 Å². The third kappa shape index (κ3) is 0.920. The molecule has 0 aliphatic carbocycles. The van der Waals surface area contributed by atoms with Gasteiger partial charge < -0.3 is 5.73 Å². The van der Waals surface area contributed by atoms with Gasteiger partial charge in [0.25, 0.3) is 5.84 Å². The van der Waals surface area contributed by atoms with E-state index in [2.05, 4.69) is 26.3 Å². The second kappa shape index (κ2) is 2.27. The summed E-state index contributed by atoms with van der Waals surface area (Å²) in [7, 11) is 0. The molecule has 0 saturated heterocycles. The minimum absolute atomic E-state index is 0.0139. The van der Waals surface area contributed by atoms with Crippen LogP contribution in [0.1, 0.15) is 0 Å². The molecule has 2 aliphatic heterocycles. The summed E-state index contributed by atoms with van der Waals surface area (Å²) in [6, 6.07) is -0.0139. The van der Waals surface area contributed by atoms with Crippen LogP contribution in [0.5, 0.6) is 0 Å². The van der Waals surface area contributed by atoms with Crippen LogP contribution in [0.25, 0.3) is 0 Å². The SMILES string of the molecule is NC1=NN=[N+]2C=CC=C(Br)C12. The van der Waals surface area contributed by atoms with E-state index in [0.717, 1.165) is 4.48 Å². The van der Waals surface area contributed by atoms with E-state index < -0.39 is 0 Å². The second-order valence-electron chi connectivity index (χ2n) is 2.29. The first-order valence-corrected chi connectivity index (χ1v) is 3.94. The third-order valence-corrected chi connectivity index (χ3v) is 2.26. The van der Waals surface area contributed by atoms with Crippen molar-refractivity contribution >= 4 is 21.8 Å². The number of hydrogen-bond acceptors (Lipinski definition) is 3. The zero-order chi connectivity index (χ0) is 7.84. The van der Waals surface area contributed by atoms with Gasteiger partial charge in [-0.3, -0.25) is 0 Å². The Bertz CT molecular complexity index is 313. The molecule has 1 atom stereocenters. The smallest absolute Gasteiger partial charge is 0.295 e. The Morgan fingerprint density at radius 1 is 1.64 bits per heavy atom. The average Bonchev–Trinajstić information content (AvgIpc) is 2.34. The number of rotatable bonds is 0. The Balaban J connectivity index is 2.44. The number of fused-ring (bicyclic) bond motifs is 1. The summed E-state index contributed by atoms with van der Waals surface area (Å²) >= 11 is 3.38. The molecule has 56 valence electrons. The van der Waals surface area contributed by atoms with Gasteiger partial charge in [0, 0.05) is 0 Å². The maximum absolute atomic E-state index is 5.59. The van der Waals surface area contributed by atoms with Gasteiger partial charge in [0.2, 0.25) is 6.04 Å². The lowest BCUT2D eigenvalue weighted by atomic mass is 10.2. The van der Waals surface area contributed by atoms with Crippen molar-refractivity contribution in [1.82, 2.24) is 0 Å². The fraction of sp³-hybridized carbons (Fsp3) is 0.167. The molecular weight excluding hydrogens is 208 g/mol. The highest BCUT2D eigenvalue weighted by atomic mass is 79.9. The molecule has 1 unspecified atom stereocenters. The number of nitrogens with zero attached hydrogens (tertiary/aromatic N) is 3. The Morgan fingerprint density at radius 2 is 2.45 bits per heavy atom. The van der Waals surface area contributed by atoms with Crippen molar-refractivity contribution in [3.05, 3.63) is 22.8 Å². The summed E-state index contributed by atoms with van der Waals surface area (Å²) in [5.41, 5.74) is 5.59. The van der Waals surface area contributed by atoms with E-state index in [-0.39, 0.29) is 6.04 Å². The van der Waals surface area contributed by atoms with Crippen LogP contribution in [0, 0.1) is 0 Å². The Hall–Kier alpha value is -0.970. The molecule has 0 bridgehead atoms. The van der Waals surface area contributed by atoms with E-state index in [1.54, 1.807) is 4.70 Å². The van der Waals surface area contributed by atoms with Gasteiger partial charge >= 0.3 is 0 Å². The molecule has 0 aromatic carbocycles. The molecule has 0 amide bonds. The predicted octanol–water partition coefficient (Wildman–Crippen LogP) is 0.912. The zero-order valence-electron chi connectivity index (χ0n) is 5.61. The number of halogens is 1. The maximum atomic E-state index is 5.59.